The summed E-state index contributed by atoms with van der Waals surface area (Å²) in [5, 5.41) is 8.99. The van der Waals surface area contributed by atoms with Crippen LogP contribution in [0.5, 0.6) is 0 Å². The number of aryl methyl sites for hydroxylation is 1. The Balaban J connectivity index is 1.43. The van der Waals surface area contributed by atoms with Crippen molar-refractivity contribution in [3.05, 3.63) is 111 Å². The Bertz CT molecular complexity index is 1600. The van der Waals surface area contributed by atoms with Crippen LogP contribution in [0.4, 0.5) is 5.82 Å². The summed E-state index contributed by atoms with van der Waals surface area (Å²) >= 11 is 6.60. The quantitative estimate of drug-likeness (QED) is 0.172. The lowest BCUT2D eigenvalue weighted by molar-refractivity contribution is 0.0959. The summed E-state index contributed by atoms with van der Waals surface area (Å²) in [5.74, 6) is -0.150. The molecule has 0 spiro atoms. The van der Waals surface area contributed by atoms with Crippen LogP contribution in [0, 0.1) is 10.9 Å². The van der Waals surface area contributed by atoms with Crippen molar-refractivity contribution in [2.45, 2.75) is 6.92 Å². The molecule has 1 amide bonds. The van der Waals surface area contributed by atoms with E-state index in [0.29, 0.717) is 8.83 Å². The summed E-state index contributed by atoms with van der Waals surface area (Å²) in [7, 11) is 0. The highest BCUT2D eigenvalue weighted by molar-refractivity contribution is 7.73. The number of carbonyl (C=O) groups is 1. The topological polar surface area (TPSA) is 90.2 Å². The number of hydrazone groups is 1. The molecule has 0 saturated carbocycles. The molecule has 0 radical (unpaired) electrons. The first-order chi connectivity index (χ1) is 17.5. The van der Waals surface area contributed by atoms with Crippen LogP contribution in [0.1, 0.15) is 20.8 Å². The first kappa shape index (κ1) is 23.4. The molecule has 5 rings (SSSR count). The lowest BCUT2D eigenvalue weighted by Crippen LogP contribution is -2.18. The van der Waals surface area contributed by atoms with E-state index < -0.39 is 5.91 Å². The Hall–Kier alpha value is -4.34. The van der Waals surface area contributed by atoms with Crippen LogP contribution in [0.15, 0.2) is 96.2 Å². The minimum Gasteiger partial charge on any atom is -0.383 e. The van der Waals surface area contributed by atoms with E-state index in [1.54, 1.807) is 15.5 Å². The molecule has 0 saturated heterocycles. The maximum absolute atomic E-state index is 12.9. The molecule has 3 N–H and O–H groups in total. The highest BCUT2D eigenvalue weighted by atomic mass is 32.1. The number of amides is 1. The number of carbonyl (C=O) groups excluding carboxylic acids is 1. The van der Waals surface area contributed by atoms with E-state index in [2.05, 4.69) is 10.5 Å². The molecule has 0 aliphatic heterocycles. The molecule has 2 aromatic heterocycles. The lowest BCUT2D eigenvalue weighted by atomic mass is 10.1. The number of para-hydroxylation sites is 2. The number of rotatable bonds is 6. The summed E-state index contributed by atoms with van der Waals surface area (Å²) in [6, 6.07) is 27.4. The van der Waals surface area contributed by atoms with E-state index in [9.17, 15) is 4.79 Å². The molecule has 5 aromatic rings. The van der Waals surface area contributed by atoms with E-state index in [-0.39, 0.29) is 5.82 Å². The average molecular weight is 511 g/mol. The van der Waals surface area contributed by atoms with Crippen LogP contribution < -0.4 is 11.2 Å². The van der Waals surface area contributed by atoms with Gasteiger partial charge >= 0.3 is 0 Å². The van der Waals surface area contributed by atoms with Gasteiger partial charge in [-0.2, -0.15) is 10.2 Å². The summed E-state index contributed by atoms with van der Waals surface area (Å²) in [6.07, 6.45) is 3.47. The molecule has 0 aliphatic carbocycles. The average Bonchev–Trinajstić information content (AvgIpc) is 3.46. The summed E-state index contributed by atoms with van der Waals surface area (Å²) in [5.41, 5.74) is 14.2. The Kier molecular flexibility index (Phi) is 6.57. The predicted octanol–water partition coefficient (Wildman–Crippen LogP) is 5.78. The number of nitrogens with two attached hydrogens (primary N) is 1. The van der Waals surface area contributed by atoms with Crippen molar-refractivity contribution < 1.29 is 4.79 Å². The van der Waals surface area contributed by atoms with Gasteiger partial charge in [0.15, 0.2) is 3.95 Å². The highest BCUT2D eigenvalue weighted by Crippen LogP contribution is 2.26. The molecule has 7 nitrogen and oxygen atoms in total. The Morgan fingerprint density at radius 2 is 1.64 bits per heavy atom. The molecule has 0 aliphatic rings. The zero-order valence-electron chi connectivity index (χ0n) is 19.3. The molecule has 0 atom stereocenters. The third-order valence-electron chi connectivity index (χ3n) is 5.52. The molecule has 9 heteroatoms. The second kappa shape index (κ2) is 10.1. The number of nitrogen functional groups attached to an aromatic ring is 1. The van der Waals surface area contributed by atoms with E-state index in [4.69, 9.17) is 23.1 Å². The number of hydrogen-bond donors (Lipinski definition) is 2. The van der Waals surface area contributed by atoms with Crippen LogP contribution in [-0.4, -0.2) is 26.5 Å². The molecular formula is C27H22N6OS2. The normalized spacial score (nSPS) is 11.1. The van der Waals surface area contributed by atoms with Crippen LogP contribution >= 0.6 is 23.6 Å². The van der Waals surface area contributed by atoms with Gasteiger partial charge in [0.25, 0.3) is 5.91 Å². The molecule has 0 unspecified atom stereocenters. The fourth-order valence-electron chi connectivity index (χ4n) is 3.71. The number of aromatic nitrogens is 3. The molecule has 0 fully saturated rings. The van der Waals surface area contributed by atoms with Gasteiger partial charge in [0.05, 0.1) is 11.9 Å². The number of benzene rings is 3. The first-order valence-electron chi connectivity index (χ1n) is 11.1. The van der Waals surface area contributed by atoms with Gasteiger partial charge < -0.3 is 5.73 Å². The van der Waals surface area contributed by atoms with Gasteiger partial charge in [-0.1, -0.05) is 77.6 Å². The zero-order chi connectivity index (χ0) is 25.1. The molecular weight excluding hydrogens is 488 g/mol. The minimum absolute atomic E-state index is 0.279. The molecule has 178 valence electrons. The predicted molar refractivity (Wildman–Crippen MR) is 148 cm³/mol. The third kappa shape index (κ3) is 4.74. The van der Waals surface area contributed by atoms with Crippen LogP contribution in [0.2, 0.25) is 0 Å². The maximum Gasteiger partial charge on any atom is 0.285 e. The fraction of sp³-hybridized carbons (Fsp3) is 0.0370. The smallest absolute Gasteiger partial charge is 0.285 e. The Morgan fingerprint density at radius 3 is 2.31 bits per heavy atom. The number of anilines is 1. The monoisotopic (exact) mass is 510 g/mol. The van der Waals surface area contributed by atoms with E-state index in [1.807, 2.05) is 98.0 Å². The second-order valence-electron chi connectivity index (χ2n) is 8.03. The van der Waals surface area contributed by atoms with Gasteiger partial charge in [0.2, 0.25) is 0 Å². The van der Waals surface area contributed by atoms with Gasteiger partial charge in [0, 0.05) is 23.0 Å². The molecule has 0 bridgehead atoms. The number of nitrogens with zero attached hydrogens (tertiary/aromatic N) is 4. The molecule has 2 heterocycles. The van der Waals surface area contributed by atoms with Crippen molar-refractivity contribution in [1.29, 1.82) is 0 Å². The van der Waals surface area contributed by atoms with Crippen molar-refractivity contribution in [3.63, 3.8) is 0 Å². The standard InChI is InChI=1S/C27H22N6OS2/c1-18-12-14-19(15-13-18)23-20(17-32(31-23)21-8-4-2-5-9-21)16-29-30-26(34)24-25(28)33(27(35)36-24)22-10-6-3-7-11-22/h2-17H,28H2,1H3,(H,30,34)/b29-16+. The summed E-state index contributed by atoms with van der Waals surface area (Å²) in [4.78, 5) is 13.2. The largest absolute Gasteiger partial charge is 0.383 e. The van der Waals surface area contributed by atoms with Crippen LogP contribution in [0.25, 0.3) is 22.6 Å². The van der Waals surface area contributed by atoms with Gasteiger partial charge in [-0.15, -0.1) is 0 Å². The van der Waals surface area contributed by atoms with Crippen molar-refractivity contribution in [3.8, 4) is 22.6 Å². The van der Waals surface area contributed by atoms with Gasteiger partial charge in [0.1, 0.15) is 16.4 Å². The Morgan fingerprint density at radius 1 is 1.00 bits per heavy atom. The highest BCUT2D eigenvalue weighted by Gasteiger charge is 2.18. The van der Waals surface area contributed by atoms with Crippen molar-refractivity contribution in [2.75, 3.05) is 5.73 Å². The minimum atomic E-state index is -0.429. The van der Waals surface area contributed by atoms with E-state index in [1.165, 1.54) is 0 Å². The molecule has 3 aromatic carbocycles. The van der Waals surface area contributed by atoms with Crippen LogP contribution in [-0.2, 0) is 0 Å². The summed E-state index contributed by atoms with van der Waals surface area (Å²) < 4.78 is 3.96. The number of thiazole rings is 1. The van der Waals surface area contributed by atoms with Crippen LogP contribution in [0.3, 0.4) is 0 Å². The fourth-order valence-corrected chi connectivity index (χ4v) is 4.97. The summed E-state index contributed by atoms with van der Waals surface area (Å²) in [6.45, 7) is 2.04. The second-order valence-corrected chi connectivity index (χ2v) is 9.68. The van der Waals surface area contributed by atoms with Crippen molar-refractivity contribution in [1.82, 2.24) is 19.8 Å². The van der Waals surface area contributed by atoms with E-state index >= 15 is 0 Å². The third-order valence-corrected chi connectivity index (χ3v) is 6.91. The number of hydrogen-bond acceptors (Lipinski definition) is 6. The van der Waals surface area contributed by atoms with Gasteiger partial charge in [-0.05, 0) is 43.4 Å². The van der Waals surface area contributed by atoms with E-state index in [0.717, 1.165) is 45.1 Å². The number of nitrogens with one attached hydrogen (secondary N) is 1. The van der Waals surface area contributed by atoms with Crippen molar-refractivity contribution in [2.24, 2.45) is 5.10 Å². The SMILES string of the molecule is Cc1ccc(-c2nn(-c3ccccc3)cc2/C=N/NC(=O)c2sc(=S)n(-c3ccccc3)c2N)cc1. The zero-order valence-corrected chi connectivity index (χ0v) is 21.0. The Labute approximate surface area is 217 Å². The molecule has 36 heavy (non-hydrogen) atoms. The van der Waals surface area contributed by atoms with Crippen molar-refractivity contribution >= 4 is 41.5 Å². The first-order valence-corrected chi connectivity index (χ1v) is 12.4. The van der Waals surface area contributed by atoms with Gasteiger partial charge in [-0.3, -0.25) is 9.36 Å². The maximum atomic E-state index is 12.9. The lowest BCUT2D eigenvalue weighted by Gasteiger charge is -2.05. The van der Waals surface area contributed by atoms with Gasteiger partial charge in [-0.25, -0.2) is 10.1 Å².